The van der Waals surface area contributed by atoms with Crippen LogP contribution in [0.4, 0.5) is 0 Å². The van der Waals surface area contributed by atoms with E-state index in [1.807, 2.05) is 6.07 Å². The molecule has 0 saturated heterocycles. The summed E-state index contributed by atoms with van der Waals surface area (Å²) in [6.07, 6.45) is 6.36. The molecule has 1 heterocycles. The number of methoxy groups -OCH3 is 1. The van der Waals surface area contributed by atoms with E-state index in [9.17, 15) is 0 Å². The van der Waals surface area contributed by atoms with Crippen molar-refractivity contribution in [2.24, 2.45) is 5.84 Å². The molecule has 0 fully saturated rings. The molecule has 3 N–H and O–H groups in total. The molecule has 0 aliphatic rings. The lowest BCUT2D eigenvalue weighted by Crippen LogP contribution is -2.36. The van der Waals surface area contributed by atoms with Crippen molar-refractivity contribution in [3.63, 3.8) is 0 Å². The smallest absolute Gasteiger partial charge is 0.0935 e. The number of hydrogen-bond acceptors (Lipinski definition) is 4. The first-order valence-corrected chi connectivity index (χ1v) is 4.83. The second-order valence-corrected chi connectivity index (χ2v) is 3.33. The number of ether oxygens (including phenoxy) is 1. The summed E-state index contributed by atoms with van der Waals surface area (Å²) in [6, 6.07) is 2.25. The van der Waals surface area contributed by atoms with E-state index in [2.05, 4.69) is 5.43 Å². The fraction of sp³-hybridized carbons (Fsp3) is 0.600. The van der Waals surface area contributed by atoms with Crippen LogP contribution in [0.2, 0.25) is 0 Å². The van der Waals surface area contributed by atoms with E-state index < -0.39 is 0 Å². The molecule has 1 atom stereocenters. The van der Waals surface area contributed by atoms with Crippen molar-refractivity contribution in [1.29, 1.82) is 0 Å². The number of hydrazine groups is 1. The monoisotopic (exact) mass is 198 g/mol. The minimum Gasteiger partial charge on any atom is -0.472 e. The van der Waals surface area contributed by atoms with Gasteiger partial charge in [0.2, 0.25) is 0 Å². The first kappa shape index (κ1) is 11.2. The molecular weight excluding hydrogens is 180 g/mol. The fourth-order valence-corrected chi connectivity index (χ4v) is 1.41. The molecule has 0 aliphatic heterocycles. The van der Waals surface area contributed by atoms with Crippen LogP contribution in [0.5, 0.6) is 0 Å². The Balaban J connectivity index is 2.24. The Kier molecular flexibility index (Phi) is 5.29. The number of nitrogens with two attached hydrogens (primary N) is 1. The molecule has 0 bridgehead atoms. The van der Waals surface area contributed by atoms with Gasteiger partial charge >= 0.3 is 0 Å². The van der Waals surface area contributed by atoms with Gasteiger partial charge in [-0.05, 0) is 30.9 Å². The Morgan fingerprint density at radius 1 is 1.64 bits per heavy atom. The highest BCUT2D eigenvalue weighted by molar-refractivity contribution is 5.07. The average Bonchev–Trinajstić information content (AvgIpc) is 2.69. The summed E-state index contributed by atoms with van der Waals surface area (Å²) in [5.74, 6) is 5.45. The largest absolute Gasteiger partial charge is 0.472 e. The van der Waals surface area contributed by atoms with Crippen LogP contribution < -0.4 is 11.3 Å². The van der Waals surface area contributed by atoms with E-state index in [1.165, 1.54) is 5.56 Å². The summed E-state index contributed by atoms with van der Waals surface area (Å²) in [4.78, 5) is 0. The Morgan fingerprint density at radius 2 is 2.50 bits per heavy atom. The highest BCUT2D eigenvalue weighted by Crippen LogP contribution is 2.07. The van der Waals surface area contributed by atoms with Crippen LogP contribution in [0.1, 0.15) is 18.4 Å². The van der Waals surface area contributed by atoms with Gasteiger partial charge in [0.15, 0.2) is 0 Å². The molecule has 0 aliphatic carbocycles. The lowest BCUT2D eigenvalue weighted by molar-refractivity contribution is 0.188. The second kappa shape index (κ2) is 6.59. The summed E-state index contributed by atoms with van der Waals surface area (Å²) < 4.78 is 9.98. The predicted octanol–water partition coefficient (Wildman–Crippen LogP) is 1.08. The van der Waals surface area contributed by atoms with Crippen molar-refractivity contribution in [2.45, 2.75) is 25.3 Å². The molecule has 14 heavy (non-hydrogen) atoms. The third-order valence-corrected chi connectivity index (χ3v) is 2.20. The Labute approximate surface area is 84.4 Å². The highest BCUT2D eigenvalue weighted by Gasteiger charge is 2.07. The lowest BCUT2D eigenvalue weighted by atomic mass is 10.1. The van der Waals surface area contributed by atoms with Crippen molar-refractivity contribution >= 4 is 0 Å². The van der Waals surface area contributed by atoms with Crippen molar-refractivity contribution in [3.05, 3.63) is 24.2 Å². The molecule has 80 valence electrons. The molecule has 1 unspecified atom stereocenters. The number of nitrogens with one attached hydrogen (secondary N) is 1. The fourth-order valence-electron chi connectivity index (χ4n) is 1.41. The van der Waals surface area contributed by atoms with Crippen LogP contribution >= 0.6 is 0 Å². The van der Waals surface area contributed by atoms with Gasteiger partial charge in [0.25, 0.3) is 0 Å². The van der Waals surface area contributed by atoms with Crippen LogP contribution in [0.25, 0.3) is 0 Å². The molecular formula is C10H18N2O2. The van der Waals surface area contributed by atoms with Gasteiger partial charge in [-0.3, -0.25) is 11.3 Å². The Morgan fingerprint density at radius 3 is 3.07 bits per heavy atom. The van der Waals surface area contributed by atoms with Gasteiger partial charge in [0.1, 0.15) is 0 Å². The minimum atomic E-state index is 0.294. The van der Waals surface area contributed by atoms with E-state index >= 15 is 0 Å². The summed E-state index contributed by atoms with van der Waals surface area (Å²) in [6.45, 7) is 0.781. The van der Waals surface area contributed by atoms with E-state index in [4.69, 9.17) is 15.0 Å². The zero-order valence-electron chi connectivity index (χ0n) is 8.53. The molecule has 0 amide bonds. The third kappa shape index (κ3) is 3.91. The lowest BCUT2D eigenvalue weighted by Gasteiger charge is -2.14. The predicted molar refractivity (Wildman–Crippen MR) is 54.6 cm³/mol. The quantitative estimate of drug-likeness (QED) is 0.391. The molecule has 1 aromatic heterocycles. The van der Waals surface area contributed by atoms with Crippen LogP contribution in [0, 0.1) is 0 Å². The van der Waals surface area contributed by atoms with E-state index in [0.717, 1.165) is 25.9 Å². The summed E-state index contributed by atoms with van der Waals surface area (Å²) in [7, 11) is 1.71. The Hall–Kier alpha value is -0.840. The van der Waals surface area contributed by atoms with Crippen molar-refractivity contribution in [2.75, 3.05) is 13.7 Å². The maximum atomic E-state index is 5.45. The van der Waals surface area contributed by atoms with Gasteiger partial charge in [0.05, 0.1) is 12.5 Å². The van der Waals surface area contributed by atoms with Gasteiger partial charge in [-0.2, -0.15) is 0 Å². The molecule has 0 aromatic carbocycles. The van der Waals surface area contributed by atoms with Crippen LogP contribution in [0.15, 0.2) is 23.0 Å². The zero-order valence-corrected chi connectivity index (χ0v) is 8.53. The van der Waals surface area contributed by atoms with E-state index in [1.54, 1.807) is 19.6 Å². The number of hydrogen-bond donors (Lipinski definition) is 2. The standard InChI is InChI=1S/C10H18N2O2/c1-13-5-2-3-10(12-11)7-9-4-6-14-8-9/h4,6,8,10,12H,2-3,5,7,11H2,1H3. The molecule has 4 heteroatoms. The minimum absolute atomic E-state index is 0.294. The molecule has 4 nitrogen and oxygen atoms in total. The van der Waals surface area contributed by atoms with Crippen molar-refractivity contribution in [3.8, 4) is 0 Å². The van der Waals surface area contributed by atoms with Crippen LogP contribution in [-0.2, 0) is 11.2 Å². The topological polar surface area (TPSA) is 60.4 Å². The van der Waals surface area contributed by atoms with E-state index in [0.29, 0.717) is 6.04 Å². The molecule has 1 rings (SSSR count). The summed E-state index contributed by atoms with van der Waals surface area (Å²) >= 11 is 0. The number of furan rings is 1. The molecule has 0 radical (unpaired) electrons. The van der Waals surface area contributed by atoms with Crippen molar-refractivity contribution < 1.29 is 9.15 Å². The maximum Gasteiger partial charge on any atom is 0.0935 e. The van der Waals surface area contributed by atoms with Crippen LogP contribution in [0.3, 0.4) is 0 Å². The first-order valence-electron chi connectivity index (χ1n) is 4.83. The Bertz CT molecular complexity index is 224. The second-order valence-electron chi connectivity index (χ2n) is 3.33. The SMILES string of the molecule is COCCCC(Cc1ccoc1)NN. The van der Waals surface area contributed by atoms with Gasteiger partial charge in [-0.15, -0.1) is 0 Å². The summed E-state index contributed by atoms with van der Waals surface area (Å²) in [5, 5.41) is 0. The van der Waals surface area contributed by atoms with Crippen LogP contribution in [-0.4, -0.2) is 19.8 Å². The van der Waals surface area contributed by atoms with Crippen molar-refractivity contribution in [1.82, 2.24) is 5.43 Å². The van der Waals surface area contributed by atoms with Gasteiger partial charge in [0, 0.05) is 19.8 Å². The molecule has 0 saturated carbocycles. The van der Waals surface area contributed by atoms with Gasteiger partial charge in [-0.1, -0.05) is 0 Å². The van der Waals surface area contributed by atoms with Gasteiger partial charge in [-0.25, -0.2) is 0 Å². The highest BCUT2D eigenvalue weighted by atomic mass is 16.5. The van der Waals surface area contributed by atoms with Gasteiger partial charge < -0.3 is 9.15 Å². The zero-order chi connectivity index (χ0) is 10.2. The normalized spacial score (nSPS) is 13.0. The maximum absolute atomic E-state index is 5.45. The number of rotatable bonds is 7. The average molecular weight is 198 g/mol. The molecule has 1 aromatic rings. The molecule has 0 spiro atoms. The first-order chi connectivity index (χ1) is 6.86. The third-order valence-electron chi connectivity index (χ3n) is 2.20. The van der Waals surface area contributed by atoms with E-state index in [-0.39, 0.29) is 0 Å². The summed E-state index contributed by atoms with van der Waals surface area (Å²) in [5.41, 5.74) is 3.97.